The minimum absolute atomic E-state index is 0.0563. The maximum atomic E-state index is 11.6. The largest absolute Gasteiger partial charge is 0.358 e. The van der Waals surface area contributed by atoms with Crippen LogP contribution in [0, 0.1) is 6.92 Å². The van der Waals surface area contributed by atoms with Crippen molar-refractivity contribution in [3.05, 3.63) is 17.0 Å². The van der Waals surface area contributed by atoms with Crippen LogP contribution >= 0.6 is 11.6 Å². The van der Waals surface area contributed by atoms with E-state index in [0.29, 0.717) is 12.4 Å². The molecule has 0 fully saturated rings. The summed E-state index contributed by atoms with van der Waals surface area (Å²) >= 11 is 5.73. The van der Waals surface area contributed by atoms with Gasteiger partial charge in [0.2, 0.25) is 11.2 Å². The van der Waals surface area contributed by atoms with Crippen molar-refractivity contribution in [3.63, 3.8) is 0 Å². The first-order valence-corrected chi connectivity index (χ1v) is 5.96. The number of aryl methyl sites for hydroxylation is 1. The number of carbonyl (C=O) groups excluding carboxylic acids is 1. The lowest BCUT2D eigenvalue weighted by Crippen LogP contribution is -2.38. The fourth-order valence-electron chi connectivity index (χ4n) is 1.29. The minimum atomic E-state index is -0.355. The van der Waals surface area contributed by atoms with Crippen LogP contribution in [0.2, 0.25) is 5.28 Å². The fourth-order valence-corrected chi connectivity index (χ4v) is 1.52. The number of halogens is 1. The molecule has 6 heteroatoms. The lowest BCUT2D eigenvalue weighted by atomic mass is 10.3. The van der Waals surface area contributed by atoms with Crippen LogP contribution in [0.5, 0.6) is 0 Å². The van der Waals surface area contributed by atoms with E-state index in [4.69, 9.17) is 11.6 Å². The molecular weight excluding hydrogens is 240 g/mol. The van der Waals surface area contributed by atoms with Gasteiger partial charge in [0.05, 0.1) is 0 Å². The third kappa shape index (κ3) is 4.56. The van der Waals surface area contributed by atoms with Gasteiger partial charge in [0.15, 0.2) is 0 Å². The van der Waals surface area contributed by atoms with Gasteiger partial charge in [-0.05, 0) is 31.9 Å². The van der Waals surface area contributed by atoms with E-state index >= 15 is 0 Å². The molecule has 1 atom stereocenters. The number of nitrogens with zero attached hydrogens (tertiary/aromatic N) is 2. The number of aromatic nitrogens is 2. The van der Waals surface area contributed by atoms with Crippen molar-refractivity contribution in [2.24, 2.45) is 0 Å². The summed E-state index contributed by atoms with van der Waals surface area (Å²) in [6, 6.07) is 1.39. The zero-order valence-electron chi connectivity index (χ0n) is 10.2. The molecule has 5 nitrogen and oxygen atoms in total. The van der Waals surface area contributed by atoms with E-state index in [1.807, 2.05) is 13.8 Å². The number of carbonyl (C=O) groups is 1. The summed E-state index contributed by atoms with van der Waals surface area (Å²) in [5, 5.41) is 5.96. The van der Waals surface area contributed by atoms with Crippen molar-refractivity contribution in [3.8, 4) is 0 Å². The third-order valence-corrected chi connectivity index (χ3v) is 2.30. The average molecular weight is 257 g/mol. The number of anilines is 1. The Morgan fingerprint density at radius 2 is 2.24 bits per heavy atom. The molecule has 0 aliphatic carbocycles. The highest BCUT2D eigenvalue weighted by Crippen LogP contribution is 2.10. The van der Waals surface area contributed by atoms with Gasteiger partial charge in [0.25, 0.3) is 0 Å². The monoisotopic (exact) mass is 256 g/mol. The Hall–Kier alpha value is -1.36. The maximum absolute atomic E-state index is 11.6. The van der Waals surface area contributed by atoms with Crippen molar-refractivity contribution in [1.29, 1.82) is 0 Å². The van der Waals surface area contributed by atoms with Crippen LogP contribution in [0.4, 0.5) is 5.82 Å². The van der Waals surface area contributed by atoms with E-state index in [9.17, 15) is 4.79 Å². The fraction of sp³-hybridized carbons (Fsp3) is 0.545. The van der Waals surface area contributed by atoms with Gasteiger partial charge in [-0.2, -0.15) is 0 Å². The molecule has 0 aliphatic rings. The highest BCUT2D eigenvalue weighted by molar-refractivity contribution is 6.28. The highest BCUT2D eigenvalue weighted by Gasteiger charge is 2.12. The van der Waals surface area contributed by atoms with Gasteiger partial charge < -0.3 is 10.6 Å². The summed E-state index contributed by atoms with van der Waals surface area (Å²) in [6.07, 6.45) is 0.914. The van der Waals surface area contributed by atoms with Gasteiger partial charge >= 0.3 is 0 Å². The van der Waals surface area contributed by atoms with E-state index in [1.165, 1.54) is 0 Å². The molecule has 0 radical (unpaired) electrons. The smallest absolute Gasteiger partial charge is 0.242 e. The van der Waals surface area contributed by atoms with E-state index in [1.54, 1.807) is 13.0 Å². The Morgan fingerprint density at radius 3 is 2.82 bits per heavy atom. The molecule has 0 saturated heterocycles. The Labute approximate surface area is 106 Å². The lowest BCUT2D eigenvalue weighted by Gasteiger charge is -2.14. The van der Waals surface area contributed by atoms with Crippen LogP contribution in [-0.4, -0.2) is 28.5 Å². The summed E-state index contributed by atoms with van der Waals surface area (Å²) < 4.78 is 0. The summed E-state index contributed by atoms with van der Waals surface area (Å²) in [4.78, 5) is 19.6. The molecule has 17 heavy (non-hydrogen) atoms. The van der Waals surface area contributed by atoms with Crippen molar-refractivity contribution in [2.45, 2.75) is 33.2 Å². The second kappa shape index (κ2) is 6.39. The second-order valence-electron chi connectivity index (χ2n) is 3.82. The lowest BCUT2D eigenvalue weighted by molar-refractivity contribution is -0.121. The van der Waals surface area contributed by atoms with Crippen LogP contribution in [0.3, 0.4) is 0 Å². The highest BCUT2D eigenvalue weighted by atomic mass is 35.5. The van der Waals surface area contributed by atoms with E-state index < -0.39 is 0 Å². The van der Waals surface area contributed by atoms with E-state index in [-0.39, 0.29) is 17.2 Å². The molecule has 2 N–H and O–H groups in total. The van der Waals surface area contributed by atoms with E-state index in [0.717, 1.165) is 12.1 Å². The van der Waals surface area contributed by atoms with Crippen LogP contribution in [-0.2, 0) is 4.79 Å². The van der Waals surface area contributed by atoms with E-state index in [2.05, 4.69) is 20.6 Å². The molecule has 1 aromatic rings. The molecule has 1 aromatic heterocycles. The molecule has 0 spiro atoms. The first-order valence-electron chi connectivity index (χ1n) is 5.58. The molecule has 1 rings (SSSR count). The number of rotatable bonds is 5. The summed E-state index contributed by atoms with van der Waals surface area (Å²) in [6.45, 7) is 6.28. The van der Waals surface area contributed by atoms with Crippen molar-refractivity contribution < 1.29 is 4.79 Å². The van der Waals surface area contributed by atoms with Gasteiger partial charge in [-0.25, -0.2) is 9.97 Å². The van der Waals surface area contributed by atoms with Crippen LogP contribution < -0.4 is 10.6 Å². The second-order valence-corrected chi connectivity index (χ2v) is 4.16. The van der Waals surface area contributed by atoms with Crippen LogP contribution in [0.25, 0.3) is 0 Å². The summed E-state index contributed by atoms with van der Waals surface area (Å²) in [7, 11) is 0. The first-order chi connectivity index (χ1) is 8.02. The number of nitrogens with one attached hydrogen (secondary N) is 2. The van der Waals surface area contributed by atoms with Crippen LogP contribution in [0.1, 0.15) is 26.0 Å². The molecule has 1 amide bonds. The topological polar surface area (TPSA) is 66.9 Å². The SMILES string of the molecule is CCCNC(=O)C(C)Nc1cc(C)nc(Cl)n1. The molecule has 0 aromatic carbocycles. The summed E-state index contributed by atoms with van der Waals surface area (Å²) in [5.74, 6) is 0.501. The standard InChI is InChI=1S/C11H17ClN4O/c1-4-5-13-10(17)8(3)15-9-6-7(2)14-11(12)16-9/h6,8H,4-5H2,1-3H3,(H,13,17)(H,14,15,16). The average Bonchev–Trinajstić information content (AvgIpc) is 2.24. The van der Waals surface area contributed by atoms with Crippen LogP contribution in [0.15, 0.2) is 6.07 Å². The number of hydrogen-bond acceptors (Lipinski definition) is 4. The van der Waals surface area contributed by atoms with Crippen molar-refractivity contribution in [1.82, 2.24) is 15.3 Å². The quantitative estimate of drug-likeness (QED) is 0.788. The van der Waals surface area contributed by atoms with Gasteiger partial charge in [-0.3, -0.25) is 4.79 Å². The number of amides is 1. The predicted molar refractivity (Wildman–Crippen MR) is 68.2 cm³/mol. The third-order valence-electron chi connectivity index (χ3n) is 2.13. The molecule has 1 unspecified atom stereocenters. The normalized spacial score (nSPS) is 12.0. The Bertz CT molecular complexity index is 377. The van der Waals surface area contributed by atoms with Crippen molar-refractivity contribution in [2.75, 3.05) is 11.9 Å². The Balaban J connectivity index is 2.60. The van der Waals surface area contributed by atoms with Gasteiger partial charge in [-0.15, -0.1) is 0 Å². The number of hydrogen-bond donors (Lipinski definition) is 2. The molecule has 0 bridgehead atoms. The van der Waals surface area contributed by atoms with Gasteiger partial charge in [0.1, 0.15) is 11.9 Å². The minimum Gasteiger partial charge on any atom is -0.358 e. The molecular formula is C11H17ClN4O. The maximum Gasteiger partial charge on any atom is 0.242 e. The molecule has 1 heterocycles. The molecule has 0 aliphatic heterocycles. The Kier molecular flexibility index (Phi) is 5.15. The summed E-state index contributed by atoms with van der Waals surface area (Å²) in [5.41, 5.74) is 0.758. The van der Waals surface area contributed by atoms with Crippen molar-refractivity contribution >= 4 is 23.3 Å². The zero-order valence-corrected chi connectivity index (χ0v) is 11.0. The predicted octanol–water partition coefficient (Wildman–Crippen LogP) is 1.77. The zero-order chi connectivity index (χ0) is 12.8. The first kappa shape index (κ1) is 13.7. The van der Waals surface area contributed by atoms with Gasteiger partial charge in [-0.1, -0.05) is 6.92 Å². The molecule has 0 saturated carbocycles. The molecule has 94 valence electrons. The van der Waals surface area contributed by atoms with Gasteiger partial charge in [0, 0.05) is 18.3 Å². The Morgan fingerprint density at radius 1 is 1.53 bits per heavy atom.